The average molecular weight is 459 g/mol. The van der Waals surface area contributed by atoms with Gasteiger partial charge in [-0.25, -0.2) is 4.98 Å². The Hall–Kier alpha value is -3.74. The van der Waals surface area contributed by atoms with Crippen LogP contribution in [0.4, 0.5) is 0 Å². The van der Waals surface area contributed by atoms with Crippen LogP contribution in [0.5, 0.6) is 5.75 Å². The molecule has 0 aliphatic carbocycles. The summed E-state index contributed by atoms with van der Waals surface area (Å²) in [6.45, 7) is 10.9. The zero-order valence-corrected chi connectivity index (χ0v) is 20.5. The first kappa shape index (κ1) is 22.1. The molecule has 3 aromatic rings. The lowest BCUT2D eigenvalue weighted by molar-refractivity contribution is -0.118. The third-order valence-electron chi connectivity index (χ3n) is 6.30. The van der Waals surface area contributed by atoms with Crippen molar-refractivity contribution in [3.63, 3.8) is 0 Å². The summed E-state index contributed by atoms with van der Waals surface area (Å²) in [7, 11) is 1.67. The van der Waals surface area contributed by atoms with Gasteiger partial charge >= 0.3 is 0 Å². The third-order valence-corrected chi connectivity index (χ3v) is 6.30. The number of aryl methyl sites for hydroxylation is 2. The molecule has 3 heterocycles. The van der Waals surface area contributed by atoms with E-state index in [9.17, 15) is 0 Å². The predicted octanol–water partition coefficient (Wildman–Crippen LogP) is 5.17. The molecular weight excluding hydrogens is 428 g/mol. The van der Waals surface area contributed by atoms with Crippen molar-refractivity contribution in [2.24, 2.45) is 5.16 Å². The number of fused-ring (bicyclic) bond motifs is 1. The molecule has 0 N–H and O–H groups in total. The van der Waals surface area contributed by atoms with E-state index >= 15 is 0 Å². The number of imidazole rings is 1. The summed E-state index contributed by atoms with van der Waals surface area (Å²) < 4.78 is 14.0. The fraction of sp³-hybridized carbons (Fsp3) is 0.333. The molecule has 1 atom stereocenters. The summed E-state index contributed by atoms with van der Waals surface area (Å²) in [5, 5.41) is 4.47. The first-order valence-corrected chi connectivity index (χ1v) is 11.4. The van der Waals surface area contributed by atoms with Crippen molar-refractivity contribution in [1.82, 2.24) is 14.5 Å². The van der Waals surface area contributed by atoms with Crippen LogP contribution in [-0.4, -0.2) is 39.5 Å². The standard InChI is InChI=1S/C27H30N4O3/c1-18-7-10-21(11-8-18)27(5)31-16-26(3,4)33-24(25(31)29-34-27)14-20-9-12-22(23(13-20)32-6)30-15-19(2)28-17-30/h7-15,17H,16H2,1-6H3/b24-14+. The van der Waals surface area contributed by atoms with E-state index in [1.807, 2.05) is 42.0 Å². The van der Waals surface area contributed by atoms with Crippen LogP contribution in [0.3, 0.4) is 0 Å². The van der Waals surface area contributed by atoms with Crippen molar-refractivity contribution >= 4 is 11.9 Å². The van der Waals surface area contributed by atoms with Crippen LogP contribution in [-0.2, 0) is 15.3 Å². The third kappa shape index (κ3) is 3.81. The van der Waals surface area contributed by atoms with Gasteiger partial charge in [0.2, 0.25) is 11.6 Å². The fourth-order valence-electron chi connectivity index (χ4n) is 4.46. The lowest BCUT2D eigenvalue weighted by Crippen LogP contribution is -2.55. The topological polar surface area (TPSA) is 61.1 Å². The Morgan fingerprint density at radius 3 is 2.50 bits per heavy atom. The Bertz CT molecular complexity index is 1290. The minimum Gasteiger partial charge on any atom is -0.495 e. The Morgan fingerprint density at radius 1 is 1.06 bits per heavy atom. The van der Waals surface area contributed by atoms with Crippen molar-refractivity contribution in [2.45, 2.75) is 45.9 Å². The van der Waals surface area contributed by atoms with E-state index in [4.69, 9.17) is 14.3 Å². The molecule has 2 aromatic carbocycles. The molecule has 7 nitrogen and oxygen atoms in total. The molecule has 1 fully saturated rings. The van der Waals surface area contributed by atoms with Crippen LogP contribution in [0.25, 0.3) is 11.8 Å². The second-order valence-corrected chi connectivity index (χ2v) is 9.67. The van der Waals surface area contributed by atoms with Gasteiger partial charge in [0, 0.05) is 18.7 Å². The highest BCUT2D eigenvalue weighted by molar-refractivity contribution is 6.01. The van der Waals surface area contributed by atoms with Crippen molar-refractivity contribution in [1.29, 1.82) is 0 Å². The lowest BCUT2D eigenvalue weighted by atomic mass is 9.97. The van der Waals surface area contributed by atoms with Crippen molar-refractivity contribution < 1.29 is 14.3 Å². The number of methoxy groups -OCH3 is 1. The zero-order chi connectivity index (χ0) is 24.1. The highest BCUT2D eigenvalue weighted by Crippen LogP contribution is 2.42. The molecule has 1 unspecified atom stereocenters. The second-order valence-electron chi connectivity index (χ2n) is 9.67. The van der Waals surface area contributed by atoms with Gasteiger partial charge in [-0.2, -0.15) is 0 Å². The highest BCUT2D eigenvalue weighted by Gasteiger charge is 2.50. The van der Waals surface area contributed by atoms with E-state index in [-0.39, 0.29) is 0 Å². The van der Waals surface area contributed by atoms with Crippen LogP contribution >= 0.6 is 0 Å². The Kier molecular flexibility index (Phi) is 5.15. The summed E-state index contributed by atoms with van der Waals surface area (Å²) in [5.74, 6) is 2.10. The van der Waals surface area contributed by atoms with Gasteiger partial charge in [0.15, 0.2) is 5.76 Å². The van der Waals surface area contributed by atoms with Gasteiger partial charge < -0.3 is 23.8 Å². The van der Waals surface area contributed by atoms with Gasteiger partial charge in [0.1, 0.15) is 11.4 Å². The molecule has 0 radical (unpaired) electrons. The molecular formula is C27H30N4O3. The predicted molar refractivity (Wildman–Crippen MR) is 132 cm³/mol. The largest absolute Gasteiger partial charge is 0.495 e. The number of nitrogens with zero attached hydrogens (tertiary/aromatic N) is 4. The highest BCUT2D eigenvalue weighted by atomic mass is 16.7. The van der Waals surface area contributed by atoms with E-state index in [0.717, 1.165) is 28.3 Å². The summed E-state index contributed by atoms with van der Waals surface area (Å²) >= 11 is 0. The van der Waals surface area contributed by atoms with Crippen LogP contribution in [0.1, 0.15) is 43.2 Å². The first-order chi connectivity index (χ1) is 16.2. The van der Waals surface area contributed by atoms with E-state index < -0.39 is 11.3 Å². The first-order valence-electron chi connectivity index (χ1n) is 11.4. The maximum absolute atomic E-state index is 6.38. The Labute approximate surface area is 200 Å². The van der Waals surface area contributed by atoms with E-state index in [1.165, 1.54) is 5.56 Å². The number of morpholine rings is 1. The van der Waals surface area contributed by atoms with E-state index in [0.29, 0.717) is 18.1 Å². The number of aromatic nitrogens is 2. The number of ether oxygens (including phenoxy) is 2. The normalized spacial score (nSPS) is 22.1. The van der Waals surface area contributed by atoms with Crippen molar-refractivity contribution in [2.75, 3.05) is 13.7 Å². The van der Waals surface area contributed by atoms with Gasteiger partial charge in [-0.3, -0.25) is 0 Å². The average Bonchev–Trinajstić information content (AvgIpc) is 3.37. The van der Waals surface area contributed by atoms with Crippen molar-refractivity contribution in [3.8, 4) is 11.4 Å². The van der Waals surface area contributed by atoms with E-state index in [2.05, 4.69) is 67.0 Å². The van der Waals surface area contributed by atoms with Gasteiger partial charge in [0.05, 0.1) is 31.4 Å². The smallest absolute Gasteiger partial charge is 0.234 e. The summed E-state index contributed by atoms with van der Waals surface area (Å²) in [5.41, 5.74) is 3.93. The minimum atomic E-state index is -0.704. The molecule has 5 rings (SSSR count). The summed E-state index contributed by atoms with van der Waals surface area (Å²) in [6.07, 6.45) is 5.74. The molecule has 2 aliphatic heterocycles. The second kappa shape index (κ2) is 7.94. The summed E-state index contributed by atoms with van der Waals surface area (Å²) in [4.78, 5) is 12.6. The molecule has 7 heteroatoms. The molecule has 34 heavy (non-hydrogen) atoms. The van der Waals surface area contributed by atoms with Gasteiger partial charge in [-0.05, 0) is 51.5 Å². The van der Waals surface area contributed by atoms with Crippen LogP contribution in [0.2, 0.25) is 0 Å². The maximum atomic E-state index is 6.38. The molecule has 0 saturated carbocycles. The number of benzene rings is 2. The molecule has 176 valence electrons. The Balaban J connectivity index is 1.51. The van der Waals surface area contributed by atoms with Gasteiger partial charge in [-0.1, -0.05) is 41.1 Å². The van der Waals surface area contributed by atoms with Gasteiger partial charge in [-0.15, -0.1) is 0 Å². The monoisotopic (exact) mass is 458 g/mol. The number of amidine groups is 1. The van der Waals surface area contributed by atoms with Gasteiger partial charge in [0.25, 0.3) is 0 Å². The van der Waals surface area contributed by atoms with Crippen LogP contribution in [0.15, 0.2) is 65.9 Å². The Morgan fingerprint density at radius 2 is 1.82 bits per heavy atom. The number of oxime groups is 1. The van der Waals surface area contributed by atoms with Crippen molar-refractivity contribution in [3.05, 3.63) is 83.1 Å². The number of rotatable bonds is 4. The quantitative estimate of drug-likeness (QED) is 0.540. The van der Waals surface area contributed by atoms with E-state index in [1.54, 1.807) is 13.4 Å². The molecule has 2 aliphatic rings. The molecule has 0 spiro atoms. The number of hydrogen-bond donors (Lipinski definition) is 0. The maximum Gasteiger partial charge on any atom is 0.234 e. The van der Waals surface area contributed by atoms with Crippen LogP contribution < -0.4 is 4.74 Å². The fourth-order valence-corrected chi connectivity index (χ4v) is 4.46. The number of hydrogen-bond acceptors (Lipinski definition) is 6. The molecule has 1 aromatic heterocycles. The SMILES string of the molecule is COc1cc(/C=C2/OC(C)(C)CN3C2=NOC3(C)c2ccc(C)cc2)ccc1-n1cnc(C)c1. The lowest BCUT2D eigenvalue weighted by Gasteiger charge is -2.44. The minimum absolute atomic E-state index is 0.428. The molecule has 1 saturated heterocycles. The zero-order valence-electron chi connectivity index (χ0n) is 20.5. The molecule has 0 bridgehead atoms. The van der Waals surface area contributed by atoms with Crippen LogP contribution in [0, 0.1) is 13.8 Å². The molecule has 0 amide bonds. The summed E-state index contributed by atoms with van der Waals surface area (Å²) in [6, 6.07) is 14.4.